The fourth-order valence-electron chi connectivity index (χ4n) is 2.47. The van der Waals surface area contributed by atoms with E-state index >= 15 is 0 Å². The largest absolute Gasteiger partial charge is 0.465 e. The highest BCUT2D eigenvalue weighted by Crippen LogP contribution is 2.23. The summed E-state index contributed by atoms with van der Waals surface area (Å²) >= 11 is 1.06. The van der Waals surface area contributed by atoms with E-state index < -0.39 is 5.97 Å². The van der Waals surface area contributed by atoms with E-state index in [1.165, 1.54) is 11.8 Å². The van der Waals surface area contributed by atoms with E-state index in [0.29, 0.717) is 33.0 Å². The zero-order valence-electron chi connectivity index (χ0n) is 14.8. The fourth-order valence-corrected chi connectivity index (χ4v) is 3.37. The van der Waals surface area contributed by atoms with Crippen molar-refractivity contribution in [2.24, 2.45) is 0 Å². The molecular formula is C17H17N5O4S. The third-order valence-electron chi connectivity index (χ3n) is 3.82. The summed E-state index contributed by atoms with van der Waals surface area (Å²) in [7, 11) is 1.29. The van der Waals surface area contributed by atoms with Gasteiger partial charge in [0.2, 0.25) is 5.91 Å². The molecule has 10 heteroatoms. The molecule has 3 aromatic rings. The molecule has 1 N–H and O–H groups in total. The van der Waals surface area contributed by atoms with E-state index in [2.05, 4.69) is 25.3 Å². The van der Waals surface area contributed by atoms with Crippen molar-refractivity contribution in [1.29, 1.82) is 0 Å². The van der Waals surface area contributed by atoms with Crippen molar-refractivity contribution < 1.29 is 14.3 Å². The van der Waals surface area contributed by atoms with Crippen LogP contribution in [0, 0.1) is 6.92 Å². The molecule has 0 unspecified atom stereocenters. The number of esters is 1. The molecule has 140 valence electrons. The first-order chi connectivity index (χ1) is 13.0. The molecule has 0 aliphatic rings. The number of thiazole rings is 1. The van der Waals surface area contributed by atoms with Crippen LogP contribution in [0.3, 0.4) is 0 Å². The third kappa shape index (κ3) is 4.17. The number of anilines is 1. The minimum Gasteiger partial charge on any atom is -0.465 e. The number of methoxy groups -OCH3 is 1. The van der Waals surface area contributed by atoms with Crippen LogP contribution < -0.4 is 10.9 Å². The van der Waals surface area contributed by atoms with Crippen LogP contribution in [-0.4, -0.2) is 39.0 Å². The maximum Gasteiger partial charge on any atom is 0.350 e. The first-order valence-electron chi connectivity index (χ1n) is 8.17. The number of fused-ring (bicyclic) bond motifs is 1. The van der Waals surface area contributed by atoms with Crippen molar-refractivity contribution >= 4 is 39.2 Å². The van der Waals surface area contributed by atoms with Gasteiger partial charge in [-0.05, 0) is 25.5 Å². The summed E-state index contributed by atoms with van der Waals surface area (Å²) in [6, 6.07) is 6.97. The number of ether oxygens (including phenoxy) is 1. The average molecular weight is 387 g/mol. The zero-order chi connectivity index (χ0) is 19.4. The average Bonchev–Trinajstić information content (AvgIpc) is 3.03. The Morgan fingerprint density at radius 3 is 2.85 bits per heavy atom. The second-order valence-electron chi connectivity index (χ2n) is 5.71. The molecule has 1 amide bonds. The van der Waals surface area contributed by atoms with Gasteiger partial charge in [-0.1, -0.05) is 28.7 Å². The molecule has 0 spiro atoms. The van der Waals surface area contributed by atoms with Gasteiger partial charge in [-0.15, -0.1) is 5.10 Å². The molecular weight excluding hydrogens is 370 g/mol. The Kier molecular flexibility index (Phi) is 5.55. The van der Waals surface area contributed by atoms with Crippen molar-refractivity contribution in [1.82, 2.24) is 20.0 Å². The van der Waals surface area contributed by atoms with Crippen LogP contribution in [0.5, 0.6) is 0 Å². The molecule has 2 aromatic heterocycles. The van der Waals surface area contributed by atoms with Gasteiger partial charge in [0, 0.05) is 13.0 Å². The van der Waals surface area contributed by atoms with E-state index in [-0.39, 0.29) is 24.4 Å². The molecule has 0 bridgehead atoms. The lowest BCUT2D eigenvalue weighted by Gasteiger charge is -2.05. The van der Waals surface area contributed by atoms with Crippen LogP contribution in [0.2, 0.25) is 0 Å². The number of nitrogens with one attached hydrogen (secondary N) is 1. The predicted octanol–water partition coefficient (Wildman–Crippen LogP) is 1.76. The molecule has 3 rings (SSSR count). The van der Waals surface area contributed by atoms with E-state index in [1.807, 2.05) is 0 Å². The van der Waals surface area contributed by atoms with Crippen LogP contribution in [0.15, 0.2) is 29.1 Å². The van der Waals surface area contributed by atoms with Gasteiger partial charge in [0.15, 0.2) is 5.13 Å². The monoisotopic (exact) mass is 387 g/mol. The van der Waals surface area contributed by atoms with Gasteiger partial charge < -0.3 is 10.1 Å². The lowest BCUT2D eigenvalue weighted by Crippen LogP contribution is -2.25. The minimum atomic E-state index is -0.486. The van der Waals surface area contributed by atoms with Crippen molar-refractivity contribution in [2.75, 3.05) is 12.4 Å². The molecule has 0 aliphatic carbocycles. The Balaban J connectivity index is 1.58. The van der Waals surface area contributed by atoms with Crippen LogP contribution >= 0.6 is 11.3 Å². The van der Waals surface area contributed by atoms with Gasteiger partial charge >= 0.3 is 5.97 Å². The molecule has 0 saturated heterocycles. The number of nitrogens with zero attached hydrogens (tertiary/aromatic N) is 4. The molecule has 0 fully saturated rings. The number of aromatic nitrogens is 4. The maximum absolute atomic E-state index is 12.3. The second-order valence-corrected chi connectivity index (χ2v) is 6.71. The van der Waals surface area contributed by atoms with Crippen molar-refractivity contribution in [3.8, 4) is 0 Å². The van der Waals surface area contributed by atoms with E-state index in [1.54, 1.807) is 31.2 Å². The van der Waals surface area contributed by atoms with E-state index in [0.717, 1.165) is 11.3 Å². The highest BCUT2D eigenvalue weighted by molar-refractivity contribution is 7.17. The van der Waals surface area contributed by atoms with Crippen LogP contribution in [0.25, 0.3) is 10.9 Å². The number of rotatable bonds is 6. The Morgan fingerprint density at radius 2 is 2.07 bits per heavy atom. The smallest absolute Gasteiger partial charge is 0.350 e. The highest BCUT2D eigenvalue weighted by Gasteiger charge is 2.17. The van der Waals surface area contributed by atoms with Gasteiger partial charge in [-0.2, -0.15) is 0 Å². The van der Waals surface area contributed by atoms with Crippen LogP contribution in [0.1, 0.15) is 28.2 Å². The Morgan fingerprint density at radius 1 is 1.30 bits per heavy atom. The molecule has 1 aromatic carbocycles. The lowest BCUT2D eigenvalue weighted by molar-refractivity contribution is -0.116. The van der Waals surface area contributed by atoms with Gasteiger partial charge in [0.1, 0.15) is 10.4 Å². The van der Waals surface area contributed by atoms with E-state index in [4.69, 9.17) is 0 Å². The molecule has 9 nitrogen and oxygen atoms in total. The molecule has 0 saturated carbocycles. The first-order valence-corrected chi connectivity index (χ1v) is 8.99. The minimum absolute atomic E-state index is 0.174. The fraction of sp³-hybridized carbons (Fsp3) is 0.294. The summed E-state index contributed by atoms with van der Waals surface area (Å²) < 4.78 is 5.91. The van der Waals surface area contributed by atoms with Gasteiger partial charge in [0.05, 0.1) is 18.2 Å². The van der Waals surface area contributed by atoms with Crippen LogP contribution in [0.4, 0.5) is 5.13 Å². The lowest BCUT2D eigenvalue weighted by atomic mass is 10.2. The standard InChI is InChI=1S/C17H17N5O4S/c1-10-14(16(25)26-2)27-17(18-10)19-13(23)8-5-9-22-15(24)11-6-3-4-7-12(11)20-21-22/h3-4,6-7H,5,8-9H2,1-2H3,(H,18,19,23). The zero-order valence-corrected chi connectivity index (χ0v) is 15.6. The third-order valence-corrected chi connectivity index (χ3v) is 4.87. The molecule has 0 aliphatic heterocycles. The highest BCUT2D eigenvalue weighted by atomic mass is 32.1. The summed E-state index contributed by atoms with van der Waals surface area (Å²) in [5.74, 6) is -0.748. The van der Waals surface area contributed by atoms with Crippen LogP contribution in [-0.2, 0) is 16.1 Å². The summed E-state index contributed by atoms with van der Waals surface area (Å²) in [5.41, 5.74) is 0.802. The van der Waals surface area contributed by atoms with Crippen molar-refractivity contribution in [2.45, 2.75) is 26.3 Å². The van der Waals surface area contributed by atoms with Gasteiger partial charge in [-0.3, -0.25) is 9.59 Å². The number of amides is 1. The number of hydrogen-bond acceptors (Lipinski definition) is 8. The van der Waals surface area contributed by atoms with Gasteiger partial charge in [0.25, 0.3) is 5.56 Å². The Labute approximate surface area is 158 Å². The Hall–Kier alpha value is -3.14. The summed E-state index contributed by atoms with van der Waals surface area (Å²) in [4.78, 5) is 40.5. The predicted molar refractivity (Wildman–Crippen MR) is 99.9 cm³/mol. The normalized spacial score (nSPS) is 10.7. The SMILES string of the molecule is COC(=O)c1sc(NC(=O)CCCn2nnc3ccccc3c2=O)nc1C. The number of aryl methyl sites for hydroxylation is 2. The summed E-state index contributed by atoms with van der Waals surface area (Å²) in [6.07, 6.45) is 0.583. The summed E-state index contributed by atoms with van der Waals surface area (Å²) in [6.45, 7) is 1.94. The molecule has 0 radical (unpaired) electrons. The number of benzene rings is 1. The molecule has 0 atom stereocenters. The van der Waals surface area contributed by atoms with E-state index in [9.17, 15) is 14.4 Å². The summed E-state index contributed by atoms with van der Waals surface area (Å²) in [5, 5.41) is 11.4. The Bertz CT molecular complexity index is 1060. The topological polar surface area (TPSA) is 116 Å². The number of hydrogen-bond donors (Lipinski definition) is 1. The second kappa shape index (κ2) is 8.04. The maximum atomic E-state index is 12.3. The quantitative estimate of drug-likeness (QED) is 0.641. The number of carbonyl (C=O) groups excluding carboxylic acids is 2. The molecule has 2 heterocycles. The molecule has 27 heavy (non-hydrogen) atoms. The van der Waals surface area contributed by atoms with Crippen molar-refractivity contribution in [3.05, 3.63) is 45.2 Å². The first kappa shape index (κ1) is 18.6. The van der Waals surface area contributed by atoms with Crippen molar-refractivity contribution in [3.63, 3.8) is 0 Å². The van der Waals surface area contributed by atoms with Gasteiger partial charge in [-0.25, -0.2) is 14.5 Å². The number of carbonyl (C=O) groups is 2.